The zero-order valence-electron chi connectivity index (χ0n) is 25.2. The number of carbonyl (C=O) groups excluding carboxylic acids is 2. The summed E-state index contributed by atoms with van der Waals surface area (Å²) in [6, 6.07) is 10.4. The van der Waals surface area contributed by atoms with Crippen LogP contribution in [-0.2, 0) is 24.2 Å². The summed E-state index contributed by atoms with van der Waals surface area (Å²) in [6.07, 6.45) is 2.36. The predicted molar refractivity (Wildman–Crippen MR) is 173 cm³/mol. The number of amides is 1. The van der Waals surface area contributed by atoms with Crippen LogP contribution in [0.25, 0.3) is 5.78 Å². The summed E-state index contributed by atoms with van der Waals surface area (Å²) in [5.74, 6) is -3.21. The summed E-state index contributed by atoms with van der Waals surface area (Å²) in [6.45, 7) is 0.379. The summed E-state index contributed by atoms with van der Waals surface area (Å²) in [7, 11) is 1.31. The Hall–Kier alpha value is -5.87. The lowest BCUT2D eigenvalue weighted by molar-refractivity contribution is 0.0599. The normalized spacial score (nSPS) is 13.2. The van der Waals surface area contributed by atoms with Gasteiger partial charge in [-0.25, -0.2) is 28.3 Å². The summed E-state index contributed by atoms with van der Waals surface area (Å²) in [5, 5.41) is 24.6. The molecule has 48 heavy (non-hydrogen) atoms. The van der Waals surface area contributed by atoms with Crippen molar-refractivity contribution >= 4 is 47.4 Å². The molecular formula is C31H29ClFN7O8. The van der Waals surface area contributed by atoms with Gasteiger partial charge in [-0.3, -0.25) is 14.4 Å². The molecule has 1 aliphatic carbocycles. The molecule has 1 aliphatic rings. The Morgan fingerprint density at radius 2 is 1.88 bits per heavy atom. The van der Waals surface area contributed by atoms with E-state index in [4.69, 9.17) is 16.2 Å². The van der Waals surface area contributed by atoms with Gasteiger partial charge in [0, 0.05) is 24.7 Å². The first kappa shape index (κ1) is 35.0. The van der Waals surface area contributed by atoms with Crippen LogP contribution in [0, 0.1) is 5.82 Å². The van der Waals surface area contributed by atoms with Crippen molar-refractivity contribution in [3.8, 4) is 5.88 Å². The lowest BCUT2D eigenvalue weighted by Crippen LogP contribution is -2.37. The van der Waals surface area contributed by atoms with Crippen molar-refractivity contribution in [2.75, 3.05) is 18.2 Å². The largest absolute Gasteiger partial charge is 0.493 e. The molecule has 1 amide bonds. The summed E-state index contributed by atoms with van der Waals surface area (Å²) >= 11 is 0. The van der Waals surface area contributed by atoms with E-state index in [1.54, 1.807) is 30.3 Å². The van der Waals surface area contributed by atoms with Gasteiger partial charge in [-0.1, -0.05) is 12.1 Å². The maximum Gasteiger partial charge on any atom is 0.353 e. The second-order valence-electron chi connectivity index (χ2n) is 10.5. The van der Waals surface area contributed by atoms with Crippen LogP contribution >= 0.6 is 12.4 Å². The first-order valence-electron chi connectivity index (χ1n) is 14.1. The Balaban J connectivity index is 0.000000236. The van der Waals surface area contributed by atoms with E-state index in [0.717, 1.165) is 33.4 Å². The van der Waals surface area contributed by atoms with Crippen molar-refractivity contribution in [1.29, 1.82) is 0 Å². The maximum absolute atomic E-state index is 13.5. The number of nitrogen functional groups attached to an aromatic ring is 1. The fraction of sp³-hybridized carbons (Fsp3) is 0.194. The maximum atomic E-state index is 13.5. The van der Waals surface area contributed by atoms with Gasteiger partial charge in [-0.15, -0.1) is 12.4 Å². The second kappa shape index (κ2) is 14.3. The Morgan fingerprint density at radius 3 is 2.54 bits per heavy atom. The third kappa shape index (κ3) is 6.79. The molecule has 0 radical (unpaired) electrons. The van der Waals surface area contributed by atoms with Gasteiger partial charge in [0.25, 0.3) is 16.8 Å². The number of aromatic nitrogens is 3. The number of carbonyl (C=O) groups is 3. The lowest BCUT2D eigenvalue weighted by Gasteiger charge is -2.14. The number of nitrogens with one attached hydrogen (secondary N) is 2. The molecule has 0 bridgehead atoms. The van der Waals surface area contributed by atoms with E-state index in [-0.39, 0.29) is 59.4 Å². The van der Waals surface area contributed by atoms with Gasteiger partial charge in [-0.2, -0.15) is 0 Å². The van der Waals surface area contributed by atoms with Gasteiger partial charge < -0.3 is 37.1 Å². The molecular weight excluding hydrogens is 653 g/mol. The highest BCUT2D eigenvalue weighted by Gasteiger charge is 2.27. The molecule has 0 aliphatic heterocycles. The van der Waals surface area contributed by atoms with E-state index < -0.39 is 34.5 Å². The molecule has 5 aromatic rings. The summed E-state index contributed by atoms with van der Waals surface area (Å²) in [4.78, 5) is 65.8. The van der Waals surface area contributed by atoms with Crippen LogP contribution in [0.2, 0.25) is 0 Å². The molecule has 3 aromatic carbocycles. The molecule has 0 unspecified atom stereocenters. The quantitative estimate of drug-likeness (QED) is 0.101. The number of aryl methyl sites for hydroxylation is 1. The molecule has 0 fully saturated rings. The fourth-order valence-electron chi connectivity index (χ4n) is 5.15. The number of hydrogen-bond donors (Lipinski definition) is 6. The molecule has 2 heterocycles. The minimum absolute atomic E-state index is 0. The number of halogens is 2. The van der Waals surface area contributed by atoms with Crippen molar-refractivity contribution in [1.82, 2.24) is 19.7 Å². The molecule has 2 aromatic heterocycles. The van der Waals surface area contributed by atoms with Crippen LogP contribution in [0.15, 0.2) is 58.3 Å². The molecule has 0 saturated heterocycles. The average Bonchev–Trinajstić information content (AvgIpc) is 3.66. The van der Waals surface area contributed by atoms with E-state index in [1.165, 1.54) is 13.2 Å². The number of aromatic carboxylic acids is 1. The zero-order valence-corrected chi connectivity index (χ0v) is 26.0. The molecule has 17 heteroatoms. The number of carboxylic acids is 1. The minimum Gasteiger partial charge on any atom is -0.493 e. The number of anilines is 2. The average molecular weight is 682 g/mol. The van der Waals surface area contributed by atoms with Crippen molar-refractivity contribution < 1.29 is 33.7 Å². The monoisotopic (exact) mass is 681 g/mol. The number of esters is 1. The van der Waals surface area contributed by atoms with Crippen LogP contribution in [0.5, 0.6) is 5.88 Å². The van der Waals surface area contributed by atoms with E-state index in [9.17, 15) is 38.6 Å². The Labute approximate surface area is 276 Å². The Bertz CT molecular complexity index is 2130. The number of nitrogens with zero attached hydrogens (tertiary/aromatic N) is 3. The van der Waals surface area contributed by atoms with Crippen molar-refractivity contribution in [2.24, 2.45) is 5.73 Å². The number of methoxy groups -OCH3 is 1. The van der Waals surface area contributed by atoms with Crippen molar-refractivity contribution in [2.45, 2.75) is 32.0 Å². The van der Waals surface area contributed by atoms with E-state index in [0.29, 0.717) is 30.5 Å². The van der Waals surface area contributed by atoms with Gasteiger partial charge >= 0.3 is 11.9 Å². The van der Waals surface area contributed by atoms with Crippen LogP contribution in [0.3, 0.4) is 0 Å². The number of ether oxygens (including phenoxy) is 1. The smallest absolute Gasteiger partial charge is 0.353 e. The fourth-order valence-corrected chi connectivity index (χ4v) is 5.15. The molecule has 250 valence electrons. The number of imidazole rings is 1. The highest BCUT2D eigenvalue weighted by Crippen LogP contribution is 2.32. The molecule has 15 nitrogen and oxygen atoms in total. The summed E-state index contributed by atoms with van der Waals surface area (Å²) < 4.78 is 19.1. The standard InChI is InChI=1S/C19H16N4O6.C12H12FN3O2.ClH/c1-29-18(28)10-2-4-11-9(6-10)3-5-12(11)21-16(25)13-7-14(17(26)27)23-15(24)8-20-19(23)22-13;13-8-2-1-6(4-14)3-7(8)5-16-10-9(15)11(17)12(10)18;/h2,4,6-8,12,24H,3,5H2,1H3,(H,21,25)(H,26,27);1-3,16H,4-5,14-15H2;1H/t12-;;/m0../s1. The Morgan fingerprint density at radius 1 is 1.12 bits per heavy atom. The zero-order chi connectivity index (χ0) is 34.0. The number of hydrogen-bond acceptors (Lipinski definition) is 12. The highest BCUT2D eigenvalue weighted by molar-refractivity contribution is 5.96. The van der Waals surface area contributed by atoms with Crippen molar-refractivity contribution in [3.05, 3.63) is 114 Å². The first-order valence-corrected chi connectivity index (χ1v) is 14.1. The van der Waals surface area contributed by atoms with Gasteiger partial charge in [0.1, 0.15) is 28.6 Å². The number of aromatic hydroxyl groups is 1. The van der Waals surface area contributed by atoms with Crippen molar-refractivity contribution in [3.63, 3.8) is 0 Å². The second-order valence-corrected chi connectivity index (χ2v) is 10.5. The number of fused-ring (bicyclic) bond motifs is 2. The van der Waals surface area contributed by atoms with Crippen LogP contribution in [0.4, 0.5) is 15.8 Å². The Kier molecular flexibility index (Phi) is 10.4. The topological polar surface area (TPSA) is 241 Å². The predicted octanol–water partition coefficient (Wildman–Crippen LogP) is 1.83. The molecule has 0 spiro atoms. The summed E-state index contributed by atoms with van der Waals surface area (Å²) in [5.41, 5.74) is 12.3. The molecule has 1 atom stereocenters. The van der Waals surface area contributed by atoms with Gasteiger partial charge in [0.15, 0.2) is 0 Å². The van der Waals surface area contributed by atoms with E-state index >= 15 is 0 Å². The van der Waals surface area contributed by atoms with Gasteiger partial charge in [0.2, 0.25) is 11.7 Å². The number of carboxylic acid groups (broad SMARTS) is 1. The first-order chi connectivity index (χ1) is 22.4. The molecule has 6 rings (SSSR count). The lowest BCUT2D eigenvalue weighted by atomic mass is 10.0. The number of nitrogens with two attached hydrogens (primary N) is 2. The van der Waals surface area contributed by atoms with Crippen LogP contribution in [-0.4, -0.2) is 49.5 Å². The van der Waals surface area contributed by atoms with Crippen LogP contribution < -0.4 is 33.0 Å². The van der Waals surface area contributed by atoms with Gasteiger partial charge in [-0.05, 0) is 53.8 Å². The minimum atomic E-state index is -1.33. The SMILES string of the molecule is COC(=O)c1ccc2c(c1)CC[C@@H]2NC(=O)c1cc(C(=O)O)n2c(O)cnc2n1.Cl.NCc1ccc(F)c(CNc2c(N)c(=O)c2=O)c1. The highest BCUT2D eigenvalue weighted by atomic mass is 35.5. The third-order valence-electron chi connectivity index (χ3n) is 7.61. The number of benzene rings is 2. The van der Waals surface area contributed by atoms with Crippen LogP contribution in [0.1, 0.15) is 66.1 Å². The third-order valence-corrected chi connectivity index (χ3v) is 7.61. The number of rotatable bonds is 8. The molecule has 8 N–H and O–H groups in total. The van der Waals surface area contributed by atoms with Gasteiger partial charge in [0.05, 0.1) is 24.9 Å². The van der Waals surface area contributed by atoms with E-state index in [2.05, 4.69) is 20.6 Å². The molecule has 0 saturated carbocycles. The van der Waals surface area contributed by atoms with E-state index in [1.807, 2.05) is 0 Å².